The van der Waals surface area contributed by atoms with E-state index >= 15 is 0 Å². The van der Waals surface area contributed by atoms with Crippen LogP contribution in [0.2, 0.25) is 0 Å². The minimum absolute atomic E-state index is 0.624. The summed E-state index contributed by atoms with van der Waals surface area (Å²) in [4.78, 5) is 5.09. The summed E-state index contributed by atoms with van der Waals surface area (Å²) in [5.74, 6) is 1.25. The summed E-state index contributed by atoms with van der Waals surface area (Å²) in [6.45, 7) is 4.56. The Hall–Kier alpha value is -6.90. The van der Waals surface area contributed by atoms with Gasteiger partial charge in [-0.2, -0.15) is 0 Å². The van der Waals surface area contributed by atoms with Gasteiger partial charge in [0.05, 0.1) is 11.4 Å². The van der Waals surface area contributed by atoms with Crippen LogP contribution in [0.3, 0.4) is 0 Å². The van der Waals surface area contributed by atoms with E-state index in [4.69, 9.17) is 0 Å². The van der Waals surface area contributed by atoms with E-state index in [1.165, 1.54) is 176 Å². The van der Waals surface area contributed by atoms with Crippen molar-refractivity contribution in [3.05, 3.63) is 215 Å². The van der Waals surface area contributed by atoms with Gasteiger partial charge in [-0.15, -0.1) is 0 Å². The van der Waals surface area contributed by atoms with E-state index in [2.05, 4.69) is 206 Å². The van der Waals surface area contributed by atoms with E-state index in [1.54, 1.807) is 0 Å². The first-order valence-electron chi connectivity index (χ1n) is 25.2. The topological polar surface area (TPSA) is 6.48 Å². The van der Waals surface area contributed by atoms with Crippen LogP contribution in [0.5, 0.6) is 0 Å². The Kier molecular flexibility index (Phi) is 11.0. The molecule has 0 heterocycles. The SMILES string of the molecule is Cc1ccc(-c2ccccc2C2CCCCC2)cc1N(c1ccccc1)c1ccc2ccc3c(N(c4ccccc4)c4cc(-c5ccccc5C5CCCCC5)ccc4C)ccc4c3c2c1C4. The molecule has 0 spiro atoms. The van der Waals surface area contributed by atoms with Crippen molar-refractivity contribution < 1.29 is 0 Å². The molecule has 3 aliphatic rings. The van der Waals surface area contributed by atoms with Gasteiger partial charge in [-0.25, -0.2) is 0 Å². The third-order valence-electron chi connectivity index (χ3n) is 15.7. The maximum Gasteiger partial charge on any atom is 0.0540 e. The molecule has 0 N–H and O–H groups in total. The minimum atomic E-state index is 0.624. The Labute approximate surface area is 397 Å². The first kappa shape index (κ1) is 41.5. The van der Waals surface area contributed by atoms with Gasteiger partial charge in [0, 0.05) is 34.6 Å². The van der Waals surface area contributed by atoms with Crippen molar-refractivity contribution in [1.82, 2.24) is 0 Å². The van der Waals surface area contributed by atoms with Crippen molar-refractivity contribution in [2.45, 2.75) is 96.3 Å². The second-order valence-electron chi connectivity index (χ2n) is 19.8. The monoisotopic (exact) mass is 868 g/mol. The third kappa shape index (κ3) is 7.52. The fourth-order valence-electron chi connectivity index (χ4n) is 12.4. The van der Waals surface area contributed by atoms with Gasteiger partial charge in [0.1, 0.15) is 0 Å². The standard InChI is InChI=1S/C65H60N2/c1-44-31-33-49(56-29-17-15-27-54(56)46-19-7-3-8-20-46)42-62(44)66(52-23-11-5-12-24-52)60-40-37-51-41-59-61(39-36-48-35-38-58(60)65(51)64(48)59)67(53-25-13-6-14-26-53)63-43-50(34-32-45(63)2)57-30-18-16-28-55(57)47-21-9-4-10-22-47/h5-6,11-18,23-40,42-43,46-47H,3-4,7-10,19-22,41H2,1-2H3. The average Bonchev–Trinajstić information content (AvgIpc) is 3.80. The Morgan fingerprint density at radius 3 is 1.42 bits per heavy atom. The smallest absolute Gasteiger partial charge is 0.0540 e. The maximum atomic E-state index is 2.55. The highest BCUT2D eigenvalue weighted by Crippen LogP contribution is 2.51. The molecule has 0 aromatic heterocycles. The van der Waals surface area contributed by atoms with Crippen LogP contribution in [0.25, 0.3) is 43.8 Å². The summed E-state index contributed by atoms with van der Waals surface area (Å²) in [7, 11) is 0. The molecule has 12 rings (SSSR count). The molecule has 9 aromatic carbocycles. The molecule has 0 amide bonds. The van der Waals surface area contributed by atoms with Crippen LogP contribution in [0.15, 0.2) is 182 Å². The molecule has 0 saturated heterocycles. The molecular formula is C65H60N2. The van der Waals surface area contributed by atoms with Crippen LogP contribution in [0, 0.1) is 13.8 Å². The molecule has 0 unspecified atom stereocenters. The van der Waals surface area contributed by atoms with Crippen LogP contribution in [-0.2, 0) is 6.42 Å². The van der Waals surface area contributed by atoms with Crippen LogP contribution in [0.4, 0.5) is 34.1 Å². The van der Waals surface area contributed by atoms with Crippen molar-refractivity contribution in [3.63, 3.8) is 0 Å². The van der Waals surface area contributed by atoms with E-state index < -0.39 is 0 Å². The predicted molar refractivity (Wildman–Crippen MR) is 286 cm³/mol. The number of aryl methyl sites for hydroxylation is 2. The lowest BCUT2D eigenvalue weighted by Crippen LogP contribution is -2.13. The molecule has 0 bridgehead atoms. The number of nitrogens with zero attached hydrogens (tertiary/aromatic N) is 2. The average molecular weight is 869 g/mol. The molecule has 0 radical (unpaired) electrons. The van der Waals surface area contributed by atoms with E-state index in [9.17, 15) is 0 Å². The number of anilines is 6. The van der Waals surface area contributed by atoms with Gasteiger partial charge in [0.15, 0.2) is 0 Å². The molecule has 9 aromatic rings. The summed E-state index contributed by atoms with van der Waals surface area (Å²) in [6.07, 6.45) is 14.0. The zero-order valence-electron chi connectivity index (χ0n) is 39.1. The summed E-state index contributed by atoms with van der Waals surface area (Å²) in [5, 5.41) is 5.35. The Morgan fingerprint density at radius 1 is 0.388 bits per heavy atom. The lowest BCUT2D eigenvalue weighted by Gasteiger charge is -2.30. The largest absolute Gasteiger partial charge is 0.310 e. The fraction of sp³-hybridized carbons (Fsp3) is 0.231. The molecule has 0 aliphatic heterocycles. The number of benzene rings is 9. The lowest BCUT2D eigenvalue weighted by atomic mass is 9.81. The molecule has 0 atom stereocenters. The van der Waals surface area contributed by atoms with Gasteiger partial charge in [0.25, 0.3) is 0 Å². The Balaban J connectivity index is 1.02. The van der Waals surface area contributed by atoms with Crippen molar-refractivity contribution in [2.75, 3.05) is 9.80 Å². The number of para-hydroxylation sites is 2. The number of rotatable bonds is 10. The van der Waals surface area contributed by atoms with Gasteiger partial charge < -0.3 is 9.80 Å². The summed E-state index contributed by atoms with van der Waals surface area (Å²) in [5.41, 5.74) is 21.0. The molecule has 2 saturated carbocycles. The summed E-state index contributed by atoms with van der Waals surface area (Å²) >= 11 is 0. The molecule has 2 heteroatoms. The quantitative estimate of drug-likeness (QED) is 0.126. The first-order chi connectivity index (χ1) is 33.1. The van der Waals surface area contributed by atoms with Gasteiger partial charge in [0.2, 0.25) is 0 Å². The molecule has 67 heavy (non-hydrogen) atoms. The van der Waals surface area contributed by atoms with E-state index in [-0.39, 0.29) is 0 Å². The van der Waals surface area contributed by atoms with Crippen LogP contribution < -0.4 is 9.80 Å². The van der Waals surface area contributed by atoms with Crippen LogP contribution in [0.1, 0.15) is 109 Å². The second kappa shape index (κ2) is 17.7. The first-order valence-corrected chi connectivity index (χ1v) is 25.2. The number of hydrogen-bond acceptors (Lipinski definition) is 2. The van der Waals surface area contributed by atoms with E-state index in [1.807, 2.05) is 0 Å². The summed E-state index contributed by atoms with van der Waals surface area (Å²) in [6, 6.07) is 69.2. The van der Waals surface area contributed by atoms with Crippen molar-refractivity contribution in [1.29, 1.82) is 0 Å². The molecule has 2 nitrogen and oxygen atoms in total. The van der Waals surface area contributed by atoms with Crippen molar-refractivity contribution in [3.8, 4) is 22.3 Å². The van der Waals surface area contributed by atoms with Crippen molar-refractivity contribution >= 4 is 55.7 Å². The normalized spacial score (nSPS) is 15.1. The zero-order chi connectivity index (χ0) is 44.8. The predicted octanol–water partition coefficient (Wildman–Crippen LogP) is 18.9. The van der Waals surface area contributed by atoms with E-state index in [0.29, 0.717) is 11.8 Å². The second-order valence-corrected chi connectivity index (χ2v) is 19.8. The van der Waals surface area contributed by atoms with Gasteiger partial charge in [-0.1, -0.05) is 172 Å². The Bertz CT molecular complexity index is 3260. The van der Waals surface area contributed by atoms with Crippen LogP contribution >= 0.6 is 0 Å². The Morgan fingerprint density at radius 2 is 0.866 bits per heavy atom. The third-order valence-corrected chi connectivity index (χ3v) is 15.7. The minimum Gasteiger partial charge on any atom is -0.310 e. The van der Waals surface area contributed by atoms with Gasteiger partial charge >= 0.3 is 0 Å². The molecule has 2 fully saturated rings. The zero-order valence-corrected chi connectivity index (χ0v) is 39.1. The van der Waals surface area contributed by atoms with Crippen molar-refractivity contribution in [2.24, 2.45) is 0 Å². The fourth-order valence-corrected chi connectivity index (χ4v) is 12.4. The van der Waals surface area contributed by atoms with Gasteiger partial charge in [-0.05, 0) is 172 Å². The maximum absolute atomic E-state index is 2.55. The molecular weight excluding hydrogens is 809 g/mol. The highest BCUT2D eigenvalue weighted by atomic mass is 15.2. The highest BCUT2D eigenvalue weighted by molar-refractivity contribution is 6.19. The molecule has 330 valence electrons. The molecule has 3 aliphatic carbocycles. The van der Waals surface area contributed by atoms with Gasteiger partial charge in [-0.3, -0.25) is 0 Å². The summed E-state index contributed by atoms with van der Waals surface area (Å²) < 4.78 is 0. The number of hydrogen-bond donors (Lipinski definition) is 0. The van der Waals surface area contributed by atoms with Crippen LogP contribution in [-0.4, -0.2) is 0 Å². The highest BCUT2D eigenvalue weighted by Gasteiger charge is 2.29. The van der Waals surface area contributed by atoms with E-state index in [0.717, 1.165) is 6.42 Å². The lowest BCUT2D eigenvalue weighted by molar-refractivity contribution is 0.444.